The Kier molecular flexibility index (Phi) is 6.42. The van der Waals surface area contributed by atoms with Crippen LogP contribution in [0.1, 0.15) is 11.1 Å². The summed E-state index contributed by atoms with van der Waals surface area (Å²) in [6.07, 6.45) is 0. The summed E-state index contributed by atoms with van der Waals surface area (Å²) in [5.41, 5.74) is 13.5. The molecule has 0 aliphatic carbocycles. The number of rotatable bonds is 4. The van der Waals surface area contributed by atoms with Crippen LogP contribution in [-0.2, 0) is 0 Å². The molecule has 0 atom stereocenters. The maximum Gasteiger partial charge on any atom is 0.123 e. The summed E-state index contributed by atoms with van der Waals surface area (Å²) in [7, 11) is 0. The summed E-state index contributed by atoms with van der Waals surface area (Å²) in [6.45, 7) is 4.25. The summed E-state index contributed by atoms with van der Waals surface area (Å²) in [5, 5.41) is 1.10. The molecule has 8 rings (SSSR count). The number of benzene rings is 6. The molecule has 1 aromatic heterocycles. The zero-order valence-corrected chi connectivity index (χ0v) is 25.1. The lowest BCUT2D eigenvalue weighted by atomic mass is 9.94. The quantitative estimate of drug-likeness (QED) is 0.205. The molecule has 0 saturated heterocycles. The van der Waals surface area contributed by atoms with Gasteiger partial charge in [-0.05, 0) is 103 Å². The van der Waals surface area contributed by atoms with Gasteiger partial charge in [0, 0.05) is 16.6 Å². The highest BCUT2D eigenvalue weighted by Gasteiger charge is 2.31. The number of anilines is 6. The van der Waals surface area contributed by atoms with Gasteiger partial charge in [0.25, 0.3) is 0 Å². The van der Waals surface area contributed by atoms with Crippen LogP contribution in [0.4, 0.5) is 38.5 Å². The zero-order chi connectivity index (χ0) is 30.5. The second-order valence-corrected chi connectivity index (χ2v) is 11.5. The number of nitrogens with zero attached hydrogens (tertiary/aromatic N) is 3. The summed E-state index contributed by atoms with van der Waals surface area (Å²) >= 11 is 0. The van der Waals surface area contributed by atoms with E-state index >= 15 is 0 Å². The number of aryl methyl sites for hydroxylation is 2. The molecule has 7 aromatic rings. The maximum absolute atomic E-state index is 14.0. The molecule has 6 aromatic carbocycles. The number of para-hydroxylation sites is 5. The minimum Gasteiger partial charge on any atom is -0.306 e. The average Bonchev–Trinajstić information content (AvgIpc) is 3.08. The molecule has 0 fully saturated rings. The van der Waals surface area contributed by atoms with E-state index in [1.807, 2.05) is 6.07 Å². The second-order valence-electron chi connectivity index (χ2n) is 11.5. The number of pyridine rings is 1. The van der Waals surface area contributed by atoms with Crippen LogP contribution in [0.5, 0.6) is 0 Å². The Morgan fingerprint density at radius 1 is 0.511 bits per heavy atom. The van der Waals surface area contributed by atoms with E-state index in [4.69, 9.17) is 4.98 Å². The number of hydrogen-bond acceptors (Lipinski definition) is 3. The predicted molar refractivity (Wildman–Crippen MR) is 185 cm³/mol. The minimum atomic E-state index is -0.265. The van der Waals surface area contributed by atoms with Crippen molar-refractivity contribution in [3.8, 4) is 22.4 Å². The molecule has 0 bridgehead atoms. The normalized spacial score (nSPS) is 12.2. The fourth-order valence-electron chi connectivity index (χ4n) is 6.46. The van der Waals surface area contributed by atoms with Gasteiger partial charge in [0.1, 0.15) is 5.82 Å². The largest absolute Gasteiger partial charge is 0.306 e. The molecule has 45 heavy (non-hydrogen) atoms. The van der Waals surface area contributed by atoms with Gasteiger partial charge in [-0.25, -0.2) is 9.37 Å². The Morgan fingerprint density at radius 3 is 1.69 bits per heavy atom. The van der Waals surface area contributed by atoms with E-state index in [1.165, 1.54) is 17.7 Å². The summed E-state index contributed by atoms with van der Waals surface area (Å²) in [6, 6.07) is 49.4. The van der Waals surface area contributed by atoms with Crippen LogP contribution in [-0.4, -0.2) is 4.98 Å². The zero-order valence-electron chi connectivity index (χ0n) is 25.1. The van der Waals surface area contributed by atoms with Gasteiger partial charge in [-0.3, -0.25) is 0 Å². The second kappa shape index (κ2) is 10.8. The third-order valence-corrected chi connectivity index (χ3v) is 8.63. The van der Waals surface area contributed by atoms with Crippen molar-refractivity contribution in [2.45, 2.75) is 13.8 Å². The molecule has 4 heteroatoms. The summed E-state index contributed by atoms with van der Waals surface area (Å²) in [5.74, 6) is -0.265. The van der Waals surface area contributed by atoms with Gasteiger partial charge in [-0.1, -0.05) is 78.4 Å². The molecule has 0 amide bonds. The third kappa shape index (κ3) is 4.54. The highest BCUT2D eigenvalue weighted by Crippen LogP contribution is 2.55. The van der Waals surface area contributed by atoms with E-state index in [1.54, 1.807) is 12.1 Å². The molecular formula is C41H30FN3. The lowest BCUT2D eigenvalue weighted by molar-refractivity contribution is 0.628. The van der Waals surface area contributed by atoms with E-state index in [0.717, 1.165) is 73.0 Å². The fourth-order valence-corrected chi connectivity index (χ4v) is 6.46. The van der Waals surface area contributed by atoms with Crippen LogP contribution in [0.2, 0.25) is 0 Å². The Bertz CT molecular complexity index is 2140. The molecule has 3 nitrogen and oxygen atoms in total. The molecule has 216 valence electrons. The first kappa shape index (κ1) is 26.9. The maximum atomic E-state index is 14.0. The van der Waals surface area contributed by atoms with Gasteiger partial charge in [0.2, 0.25) is 0 Å². The van der Waals surface area contributed by atoms with Gasteiger partial charge in [-0.15, -0.1) is 0 Å². The Morgan fingerprint density at radius 2 is 1.07 bits per heavy atom. The minimum absolute atomic E-state index is 0.265. The van der Waals surface area contributed by atoms with Crippen molar-refractivity contribution in [3.63, 3.8) is 0 Å². The first-order chi connectivity index (χ1) is 22.1. The van der Waals surface area contributed by atoms with E-state index in [2.05, 4.69) is 139 Å². The van der Waals surface area contributed by atoms with E-state index in [-0.39, 0.29) is 5.82 Å². The van der Waals surface area contributed by atoms with Crippen molar-refractivity contribution in [1.29, 1.82) is 0 Å². The Hall–Kier alpha value is -5.74. The van der Waals surface area contributed by atoms with E-state index in [0.29, 0.717) is 0 Å². The van der Waals surface area contributed by atoms with Crippen LogP contribution in [0.15, 0.2) is 146 Å². The summed E-state index contributed by atoms with van der Waals surface area (Å²) in [4.78, 5) is 10.0. The average molecular weight is 584 g/mol. The molecule has 1 aliphatic rings. The topological polar surface area (TPSA) is 19.4 Å². The van der Waals surface area contributed by atoms with Gasteiger partial charge in [0.05, 0.1) is 39.6 Å². The Balaban J connectivity index is 1.44. The molecule has 1 aliphatic heterocycles. The fraction of sp³-hybridized carbons (Fsp3) is 0.0488. The van der Waals surface area contributed by atoms with Gasteiger partial charge < -0.3 is 9.80 Å². The molecule has 0 saturated carbocycles. The van der Waals surface area contributed by atoms with Crippen molar-refractivity contribution in [2.75, 3.05) is 9.80 Å². The van der Waals surface area contributed by atoms with Crippen LogP contribution < -0.4 is 9.80 Å². The molecule has 0 spiro atoms. The van der Waals surface area contributed by atoms with Gasteiger partial charge >= 0.3 is 0 Å². The number of fused-ring (bicyclic) bond motifs is 3. The highest BCUT2D eigenvalue weighted by molar-refractivity contribution is 6.10. The molecule has 0 N–H and O–H groups in total. The Labute approximate surface area is 262 Å². The van der Waals surface area contributed by atoms with Crippen LogP contribution in [0.3, 0.4) is 0 Å². The summed E-state index contributed by atoms with van der Waals surface area (Å²) < 4.78 is 14.0. The van der Waals surface area contributed by atoms with Crippen LogP contribution in [0.25, 0.3) is 33.3 Å². The van der Waals surface area contributed by atoms with Crippen molar-refractivity contribution in [3.05, 3.63) is 163 Å². The number of hydrogen-bond donors (Lipinski definition) is 0. The van der Waals surface area contributed by atoms with Crippen LogP contribution in [0, 0.1) is 19.7 Å². The third-order valence-electron chi connectivity index (χ3n) is 8.63. The van der Waals surface area contributed by atoms with E-state index in [9.17, 15) is 4.39 Å². The highest BCUT2D eigenvalue weighted by atomic mass is 19.1. The smallest absolute Gasteiger partial charge is 0.123 e. The first-order valence-electron chi connectivity index (χ1n) is 15.2. The lowest BCUT2D eigenvalue weighted by Crippen LogP contribution is -2.24. The van der Waals surface area contributed by atoms with Crippen molar-refractivity contribution < 1.29 is 4.39 Å². The number of aromatic nitrogens is 1. The van der Waals surface area contributed by atoms with Crippen LogP contribution >= 0.6 is 0 Å². The standard InChI is InChI=1S/C41H30FN3/c1-27-16-19-29(20-17-27)33-26-34(30-21-23-31(42)24-22-30)43-41-39(25-18-28(2)40(33)41)45-37-14-8-6-12-35(37)44(32-10-4-3-5-11-32)36-13-7-9-15-38(36)45/h3-26H,1-2H3. The first-order valence-corrected chi connectivity index (χ1v) is 15.2. The van der Waals surface area contributed by atoms with E-state index < -0.39 is 0 Å². The SMILES string of the molecule is Cc1ccc(-c2cc(-c3ccc(F)cc3)nc3c(N4c5ccccc5N(c5ccccc5)c5ccccc54)ccc(C)c23)cc1. The van der Waals surface area contributed by atoms with Gasteiger partial charge in [-0.2, -0.15) is 0 Å². The molecular weight excluding hydrogens is 553 g/mol. The number of halogens is 1. The van der Waals surface area contributed by atoms with Gasteiger partial charge in [0.15, 0.2) is 0 Å². The van der Waals surface area contributed by atoms with Crippen molar-refractivity contribution in [1.82, 2.24) is 4.98 Å². The molecule has 0 radical (unpaired) electrons. The van der Waals surface area contributed by atoms with Crippen molar-refractivity contribution >= 4 is 45.0 Å². The van der Waals surface area contributed by atoms with Crippen molar-refractivity contribution in [2.24, 2.45) is 0 Å². The molecule has 0 unspecified atom stereocenters. The predicted octanol–water partition coefficient (Wildman–Crippen LogP) is 11.6. The lowest BCUT2D eigenvalue weighted by Gasteiger charge is -2.40. The monoisotopic (exact) mass is 583 g/mol. The molecule has 2 heterocycles.